The maximum absolute atomic E-state index is 12.9. The summed E-state index contributed by atoms with van der Waals surface area (Å²) in [6, 6.07) is 26.2. The second kappa shape index (κ2) is 6.46. The Hall–Kier alpha value is -2.58. The van der Waals surface area contributed by atoms with Gasteiger partial charge in [0.05, 0.1) is 0 Å². The standard InChI is InChI=1S/C19H14ClNO/c20-17-11-13-18(14-12-17)21(22)19(15-7-3-1-4-8-15)16-9-5-2-6-10-16/h1-14H. The van der Waals surface area contributed by atoms with Gasteiger partial charge in [0.1, 0.15) is 0 Å². The maximum atomic E-state index is 12.9. The summed E-state index contributed by atoms with van der Waals surface area (Å²) in [5.41, 5.74) is 2.91. The molecular weight excluding hydrogens is 294 g/mol. The molecule has 0 atom stereocenters. The van der Waals surface area contributed by atoms with Crippen LogP contribution in [0.4, 0.5) is 5.69 Å². The summed E-state index contributed by atoms with van der Waals surface area (Å²) >= 11 is 5.90. The second-order valence-electron chi connectivity index (χ2n) is 4.85. The largest absolute Gasteiger partial charge is 0.618 e. The van der Waals surface area contributed by atoms with Crippen molar-refractivity contribution in [2.75, 3.05) is 0 Å². The van der Waals surface area contributed by atoms with E-state index >= 15 is 0 Å². The predicted octanol–water partition coefficient (Wildman–Crippen LogP) is 5.02. The van der Waals surface area contributed by atoms with Crippen LogP contribution in [0, 0.1) is 5.21 Å². The van der Waals surface area contributed by atoms with Crippen molar-refractivity contribution in [3.63, 3.8) is 0 Å². The Labute approximate surface area is 134 Å². The van der Waals surface area contributed by atoms with Gasteiger partial charge < -0.3 is 5.21 Å². The van der Waals surface area contributed by atoms with Gasteiger partial charge in [-0.15, -0.1) is 0 Å². The highest BCUT2D eigenvalue weighted by Gasteiger charge is 2.17. The normalized spacial score (nSPS) is 10.2. The molecular formula is C19H14ClNO. The Morgan fingerprint density at radius 2 is 1.14 bits per heavy atom. The summed E-state index contributed by atoms with van der Waals surface area (Å²) in [5, 5.41) is 13.5. The van der Waals surface area contributed by atoms with E-state index in [0.717, 1.165) is 15.9 Å². The molecule has 0 spiro atoms. The first kappa shape index (κ1) is 14.4. The van der Waals surface area contributed by atoms with Gasteiger partial charge in [-0.3, -0.25) is 0 Å². The van der Waals surface area contributed by atoms with Gasteiger partial charge in [-0.2, -0.15) is 4.74 Å². The fourth-order valence-electron chi connectivity index (χ4n) is 2.30. The Balaban J connectivity index is 2.21. The van der Waals surface area contributed by atoms with Crippen molar-refractivity contribution in [2.45, 2.75) is 0 Å². The summed E-state index contributed by atoms with van der Waals surface area (Å²) in [7, 11) is 0. The van der Waals surface area contributed by atoms with Crippen molar-refractivity contribution >= 4 is 23.0 Å². The summed E-state index contributed by atoms with van der Waals surface area (Å²) in [4.78, 5) is 0. The van der Waals surface area contributed by atoms with Gasteiger partial charge >= 0.3 is 0 Å². The number of rotatable bonds is 3. The van der Waals surface area contributed by atoms with Crippen LogP contribution in [0.25, 0.3) is 0 Å². The van der Waals surface area contributed by atoms with Crippen molar-refractivity contribution in [3.05, 3.63) is 106 Å². The molecule has 0 N–H and O–H groups in total. The van der Waals surface area contributed by atoms with Gasteiger partial charge in [0.2, 0.25) is 11.4 Å². The van der Waals surface area contributed by atoms with Crippen molar-refractivity contribution in [1.82, 2.24) is 0 Å². The average molecular weight is 308 g/mol. The zero-order valence-corrected chi connectivity index (χ0v) is 12.6. The lowest BCUT2D eigenvalue weighted by Gasteiger charge is -2.11. The number of benzene rings is 3. The monoisotopic (exact) mass is 307 g/mol. The fourth-order valence-corrected chi connectivity index (χ4v) is 2.42. The number of nitrogens with zero attached hydrogens (tertiary/aromatic N) is 1. The highest BCUT2D eigenvalue weighted by atomic mass is 35.5. The lowest BCUT2D eigenvalue weighted by molar-refractivity contribution is -0.359. The lowest BCUT2D eigenvalue weighted by atomic mass is 10.0. The molecule has 0 saturated carbocycles. The SMILES string of the molecule is [O-][N+](=C(c1ccccc1)c1ccccc1)c1ccc(Cl)cc1. The summed E-state index contributed by atoms with van der Waals surface area (Å²) in [6.07, 6.45) is 0. The Kier molecular flexibility index (Phi) is 4.22. The molecule has 0 amide bonds. The Bertz CT molecular complexity index is 739. The Morgan fingerprint density at radius 3 is 1.59 bits per heavy atom. The van der Waals surface area contributed by atoms with Gasteiger partial charge in [-0.05, 0) is 36.4 Å². The van der Waals surface area contributed by atoms with E-state index in [-0.39, 0.29) is 0 Å². The molecule has 3 aromatic carbocycles. The third-order valence-corrected chi connectivity index (χ3v) is 3.61. The minimum atomic E-state index is 0.548. The topological polar surface area (TPSA) is 26.1 Å². The van der Waals surface area contributed by atoms with E-state index in [0.29, 0.717) is 16.4 Å². The van der Waals surface area contributed by atoms with Gasteiger partial charge in [-0.1, -0.05) is 48.0 Å². The highest BCUT2D eigenvalue weighted by Crippen LogP contribution is 2.19. The Morgan fingerprint density at radius 1 is 0.682 bits per heavy atom. The molecule has 0 aliphatic rings. The lowest BCUT2D eigenvalue weighted by Crippen LogP contribution is -2.14. The summed E-state index contributed by atoms with van der Waals surface area (Å²) in [6.45, 7) is 0. The van der Waals surface area contributed by atoms with E-state index < -0.39 is 0 Å². The van der Waals surface area contributed by atoms with Crippen molar-refractivity contribution in [1.29, 1.82) is 0 Å². The smallest absolute Gasteiger partial charge is 0.231 e. The van der Waals surface area contributed by atoms with Crippen LogP contribution >= 0.6 is 11.6 Å². The molecule has 3 rings (SSSR count). The first-order chi connectivity index (χ1) is 10.8. The van der Waals surface area contributed by atoms with Crippen LogP contribution < -0.4 is 0 Å². The second-order valence-corrected chi connectivity index (χ2v) is 5.29. The zero-order valence-electron chi connectivity index (χ0n) is 11.8. The summed E-state index contributed by atoms with van der Waals surface area (Å²) in [5.74, 6) is 0. The van der Waals surface area contributed by atoms with Gasteiger partial charge in [0.15, 0.2) is 0 Å². The molecule has 0 fully saturated rings. The van der Waals surface area contributed by atoms with Crippen LogP contribution in [0.2, 0.25) is 5.02 Å². The molecule has 3 aromatic rings. The van der Waals surface area contributed by atoms with E-state index in [4.69, 9.17) is 11.6 Å². The van der Waals surface area contributed by atoms with E-state index in [2.05, 4.69) is 0 Å². The number of hydrogen-bond acceptors (Lipinski definition) is 1. The summed E-state index contributed by atoms with van der Waals surface area (Å²) < 4.78 is 0.945. The first-order valence-electron chi connectivity index (χ1n) is 6.96. The average Bonchev–Trinajstić information content (AvgIpc) is 2.57. The van der Waals surface area contributed by atoms with Gasteiger partial charge in [-0.25, -0.2) is 0 Å². The van der Waals surface area contributed by atoms with Crippen LogP contribution in [0.1, 0.15) is 11.1 Å². The van der Waals surface area contributed by atoms with Crippen molar-refractivity contribution in [3.8, 4) is 0 Å². The minimum absolute atomic E-state index is 0.548. The minimum Gasteiger partial charge on any atom is -0.618 e. The highest BCUT2D eigenvalue weighted by molar-refractivity contribution is 6.30. The molecule has 0 heterocycles. The van der Waals surface area contributed by atoms with Crippen molar-refractivity contribution in [2.24, 2.45) is 0 Å². The molecule has 0 aliphatic heterocycles. The van der Waals surface area contributed by atoms with E-state index in [1.807, 2.05) is 60.7 Å². The van der Waals surface area contributed by atoms with Gasteiger partial charge in [0.25, 0.3) is 0 Å². The number of halogens is 1. The quantitative estimate of drug-likeness (QED) is 0.289. The van der Waals surface area contributed by atoms with Crippen LogP contribution in [0.5, 0.6) is 0 Å². The molecule has 0 radical (unpaired) electrons. The molecule has 0 aromatic heterocycles. The molecule has 22 heavy (non-hydrogen) atoms. The van der Waals surface area contributed by atoms with E-state index in [1.54, 1.807) is 24.3 Å². The molecule has 0 saturated heterocycles. The van der Waals surface area contributed by atoms with Crippen LogP contribution in [-0.2, 0) is 0 Å². The van der Waals surface area contributed by atoms with E-state index in [1.165, 1.54) is 0 Å². The first-order valence-corrected chi connectivity index (χ1v) is 7.34. The van der Waals surface area contributed by atoms with E-state index in [9.17, 15) is 5.21 Å². The third-order valence-electron chi connectivity index (χ3n) is 3.36. The molecule has 0 bridgehead atoms. The number of hydrogen-bond donors (Lipinski definition) is 0. The molecule has 0 aliphatic carbocycles. The van der Waals surface area contributed by atoms with Crippen LogP contribution in [0.3, 0.4) is 0 Å². The molecule has 3 heteroatoms. The molecule has 2 nitrogen and oxygen atoms in total. The zero-order chi connectivity index (χ0) is 15.4. The van der Waals surface area contributed by atoms with Gasteiger partial charge in [0, 0.05) is 28.3 Å². The predicted molar refractivity (Wildman–Crippen MR) is 90.8 cm³/mol. The van der Waals surface area contributed by atoms with Crippen LogP contribution in [-0.4, -0.2) is 10.5 Å². The maximum Gasteiger partial charge on any atom is 0.231 e. The van der Waals surface area contributed by atoms with Crippen molar-refractivity contribution < 1.29 is 4.74 Å². The third kappa shape index (κ3) is 3.02. The van der Waals surface area contributed by atoms with Crippen LogP contribution in [0.15, 0.2) is 84.9 Å². The molecule has 108 valence electrons. The fraction of sp³-hybridized carbons (Fsp3) is 0. The molecule has 0 unspecified atom stereocenters.